The molecule has 1 aliphatic heterocycles. The fourth-order valence-electron chi connectivity index (χ4n) is 3.82. The number of benzene rings is 2. The summed E-state index contributed by atoms with van der Waals surface area (Å²) in [5.74, 6) is -1.63. The van der Waals surface area contributed by atoms with Gasteiger partial charge in [-0.1, -0.05) is 35.9 Å². The number of ketones is 1. The van der Waals surface area contributed by atoms with Crippen LogP contribution < -0.4 is 4.90 Å². The van der Waals surface area contributed by atoms with Crippen LogP contribution in [0.25, 0.3) is 5.76 Å². The standard InChI is InChI=1S/C25H22ClN3O3/c1-28(2)20-8-6-17(7-9-20)22-21(23(30)18-4-3-5-19(26)14-18)24(31)25(32)29(22)15-16-10-12-27-13-11-16/h3-14,22,30H,15H2,1-2H3/b23-21-. The van der Waals surface area contributed by atoms with Crippen LogP contribution in [0, 0.1) is 0 Å². The number of carbonyl (C=O) groups excluding carboxylic acids is 2. The smallest absolute Gasteiger partial charge is 0.295 e. The molecule has 1 fully saturated rings. The van der Waals surface area contributed by atoms with Crippen LogP contribution in [-0.2, 0) is 16.1 Å². The third kappa shape index (κ3) is 4.09. The van der Waals surface area contributed by atoms with Crippen molar-refractivity contribution in [3.8, 4) is 0 Å². The monoisotopic (exact) mass is 447 g/mol. The molecule has 0 bridgehead atoms. The lowest BCUT2D eigenvalue weighted by atomic mass is 9.95. The molecule has 1 atom stereocenters. The zero-order valence-corrected chi connectivity index (χ0v) is 18.5. The van der Waals surface area contributed by atoms with Crippen molar-refractivity contribution < 1.29 is 14.7 Å². The van der Waals surface area contributed by atoms with Crippen LogP contribution in [-0.4, -0.2) is 40.8 Å². The molecule has 2 heterocycles. The van der Waals surface area contributed by atoms with Crippen molar-refractivity contribution in [1.82, 2.24) is 9.88 Å². The summed E-state index contributed by atoms with van der Waals surface area (Å²) in [6.07, 6.45) is 3.28. The van der Waals surface area contributed by atoms with Crippen LogP contribution >= 0.6 is 11.6 Å². The number of carbonyl (C=O) groups is 2. The van der Waals surface area contributed by atoms with Crippen LogP contribution in [0.2, 0.25) is 5.02 Å². The fraction of sp³-hybridized carbons (Fsp3) is 0.160. The van der Waals surface area contributed by atoms with Crippen molar-refractivity contribution in [1.29, 1.82) is 0 Å². The molecule has 0 radical (unpaired) electrons. The van der Waals surface area contributed by atoms with Gasteiger partial charge in [-0.25, -0.2) is 0 Å². The Morgan fingerprint density at radius 1 is 1.06 bits per heavy atom. The van der Waals surface area contributed by atoms with Crippen molar-refractivity contribution in [3.05, 3.63) is 100 Å². The molecule has 2 aromatic carbocycles. The molecule has 1 aromatic heterocycles. The first-order valence-corrected chi connectivity index (χ1v) is 10.4. The molecule has 6 nitrogen and oxygen atoms in total. The second kappa shape index (κ2) is 8.85. The molecule has 32 heavy (non-hydrogen) atoms. The fourth-order valence-corrected chi connectivity index (χ4v) is 4.01. The lowest BCUT2D eigenvalue weighted by Gasteiger charge is -2.26. The van der Waals surface area contributed by atoms with Gasteiger partial charge in [0.15, 0.2) is 0 Å². The minimum atomic E-state index is -0.738. The van der Waals surface area contributed by atoms with E-state index < -0.39 is 17.7 Å². The molecular formula is C25H22ClN3O3. The Bertz CT molecular complexity index is 1190. The third-order valence-corrected chi connectivity index (χ3v) is 5.70. The number of Topliss-reactive ketones (excluding diaryl/α,β-unsaturated/α-hetero) is 1. The van der Waals surface area contributed by atoms with E-state index in [-0.39, 0.29) is 17.9 Å². The minimum Gasteiger partial charge on any atom is -0.507 e. The molecule has 7 heteroatoms. The number of nitrogens with zero attached hydrogens (tertiary/aromatic N) is 3. The Balaban J connectivity index is 1.86. The Labute approximate surface area is 191 Å². The number of hydrogen-bond acceptors (Lipinski definition) is 5. The first-order valence-electron chi connectivity index (χ1n) is 10.1. The molecule has 1 unspecified atom stereocenters. The van der Waals surface area contributed by atoms with Gasteiger partial charge in [0.2, 0.25) is 0 Å². The topological polar surface area (TPSA) is 73.7 Å². The van der Waals surface area contributed by atoms with Crippen molar-refractivity contribution in [2.24, 2.45) is 0 Å². The molecule has 3 aromatic rings. The van der Waals surface area contributed by atoms with E-state index in [1.807, 2.05) is 43.3 Å². The van der Waals surface area contributed by atoms with E-state index in [2.05, 4.69) is 4.98 Å². The maximum absolute atomic E-state index is 13.1. The first kappa shape index (κ1) is 21.6. The molecule has 4 rings (SSSR count). The Kier molecular flexibility index (Phi) is 5.97. The van der Waals surface area contributed by atoms with E-state index in [1.165, 1.54) is 4.90 Å². The average Bonchev–Trinajstić information content (AvgIpc) is 3.04. The Hall–Kier alpha value is -3.64. The second-order valence-corrected chi connectivity index (χ2v) is 8.22. The molecule has 0 aliphatic carbocycles. The lowest BCUT2D eigenvalue weighted by Crippen LogP contribution is -2.29. The van der Waals surface area contributed by atoms with Gasteiger partial charge >= 0.3 is 0 Å². The number of pyridine rings is 1. The maximum Gasteiger partial charge on any atom is 0.295 e. The van der Waals surface area contributed by atoms with Gasteiger partial charge in [-0.15, -0.1) is 0 Å². The van der Waals surface area contributed by atoms with Crippen LogP contribution in [0.3, 0.4) is 0 Å². The summed E-state index contributed by atoms with van der Waals surface area (Å²) >= 11 is 6.09. The van der Waals surface area contributed by atoms with Crippen molar-refractivity contribution in [3.63, 3.8) is 0 Å². The predicted molar refractivity (Wildman–Crippen MR) is 124 cm³/mol. The number of likely N-dealkylation sites (tertiary alicyclic amines) is 1. The summed E-state index contributed by atoms with van der Waals surface area (Å²) in [5.41, 5.74) is 2.97. The van der Waals surface area contributed by atoms with E-state index in [0.29, 0.717) is 10.6 Å². The van der Waals surface area contributed by atoms with Gasteiger partial charge in [0, 0.05) is 49.3 Å². The van der Waals surface area contributed by atoms with Crippen molar-refractivity contribution >= 4 is 34.7 Å². The highest BCUT2D eigenvalue weighted by atomic mass is 35.5. The maximum atomic E-state index is 13.1. The number of amides is 1. The molecular weight excluding hydrogens is 426 g/mol. The van der Waals surface area contributed by atoms with Gasteiger partial charge < -0.3 is 14.9 Å². The molecule has 0 spiro atoms. The normalized spacial score (nSPS) is 17.6. The van der Waals surface area contributed by atoms with Gasteiger partial charge in [-0.05, 0) is 47.5 Å². The molecule has 1 aliphatic rings. The van der Waals surface area contributed by atoms with E-state index in [0.717, 1.165) is 16.8 Å². The third-order valence-electron chi connectivity index (χ3n) is 5.47. The largest absolute Gasteiger partial charge is 0.507 e. The van der Waals surface area contributed by atoms with Gasteiger partial charge in [0.25, 0.3) is 11.7 Å². The number of rotatable bonds is 5. The summed E-state index contributed by atoms with van der Waals surface area (Å²) < 4.78 is 0. The lowest BCUT2D eigenvalue weighted by molar-refractivity contribution is -0.140. The number of aliphatic hydroxyl groups excluding tert-OH is 1. The quantitative estimate of drug-likeness (QED) is 0.356. The molecule has 162 valence electrons. The van der Waals surface area contributed by atoms with E-state index in [9.17, 15) is 14.7 Å². The second-order valence-electron chi connectivity index (χ2n) is 7.78. The van der Waals surface area contributed by atoms with Crippen LogP contribution in [0.1, 0.15) is 22.7 Å². The Morgan fingerprint density at radius 3 is 2.38 bits per heavy atom. The van der Waals surface area contributed by atoms with E-state index in [1.54, 1.807) is 48.8 Å². The van der Waals surface area contributed by atoms with E-state index in [4.69, 9.17) is 11.6 Å². The summed E-state index contributed by atoms with van der Waals surface area (Å²) in [4.78, 5) is 33.6. The van der Waals surface area contributed by atoms with E-state index >= 15 is 0 Å². The van der Waals surface area contributed by atoms with Gasteiger partial charge in [0.05, 0.1) is 11.6 Å². The average molecular weight is 448 g/mol. The number of anilines is 1. The number of halogens is 1. The highest BCUT2D eigenvalue weighted by Crippen LogP contribution is 2.40. The number of aromatic nitrogens is 1. The summed E-state index contributed by atoms with van der Waals surface area (Å²) in [6.45, 7) is 0.208. The van der Waals surface area contributed by atoms with Gasteiger partial charge in [-0.2, -0.15) is 0 Å². The zero-order chi connectivity index (χ0) is 22.8. The van der Waals surface area contributed by atoms with Crippen molar-refractivity contribution in [2.45, 2.75) is 12.6 Å². The minimum absolute atomic E-state index is 0.0453. The van der Waals surface area contributed by atoms with Gasteiger partial charge in [-0.3, -0.25) is 14.6 Å². The molecule has 0 saturated carbocycles. The van der Waals surface area contributed by atoms with Crippen molar-refractivity contribution in [2.75, 3.05) is 19.0 Å². The SMILES string of the molecule is CN(C)c1ccc(C2/C(=C(/O)c3cccc(Cl)c3)C(=O)C(=O)N2Cc2ccncc2)cc1. The van der Waals surface area contributed by atoms with Gasteiger partial charge in [0.1, 0.15) is 5.76 Å². The predicted octanol–water partition coefficient (Wildman–Crippen LogP) is 4.42. The van der Waals surface area contributed by atoms with Crippen LogP contribution in [0.4, 0.5) is 5.69 Å². The molecule has 1 saturated heterocycles. The highest BCUT2D eigenvalue weighted by Gasteiger charge is 2.46. The molecule has 1 amide bonds. The first-order chi connectivity index (χ1) is 15.4. The summed E-state index contributed by atoms with van der Waals surface area (Å²) in [5, 5.41) is 11.5. The Morgan fingerprint density at radius 2 is 1.75 bits per heavy atom. The summed E-state index contributed by atoms with van der Waals surface area (Å²) in [7, 11) is 3.87. The highest BCUT2D eigenvalue weighted by molar-refractivity contribution is 6.46. The van der Waals surface area contributed by atoms with Crippen LogP contribution in [0.15, 0.2) is 78.6 Å². The summed E-state index contributed by atoms with van der Waals surface area (Å²) in [6, 6.07) is 17.0. The number of aliphatic hydroxyl groups is 1. The number of hydrogen-bond donors (Lipinski definition) is 1. The molecule has 1 N–H and O–H groups in total. The zero-order valence-electron chi connectivity index (χ0n) is 17.7. The van der Waals surface area contributed by atoms with Crippen LogP contribution in [0.5, 0.6) is 0 Å².